The van der Waals surface area contributed by atoms with Crippen LogP contribution in [0.15, 0.2) is 51.5 Å². The number of morpholine rings is 1. The van der Waals surface area contributed by atoms with Gasteiger partial charge in [-0.1, -0.05) is 21.1 Å². The summed E-state index contributed by atoms with van der Waals surface area (Å²) in [6.45, 7) is 2.94. The molecule has 1 fully saturated rings. The van der Waals surface area contributed by atoms with E-state index in [4.69, 9.17) is 14.0 Å². The molecule has 2 aromatic carbocycles. The third-order valence-corrected chi connectivity index (χ3v) is 5.46. The first-order chi connectivity index (χ1) is 15.1. The number of halogens is 1. The molecule has 0 spiro atoms. The van der Waals surface area contributed by atoms with Gasteiger partial charge in [-0.2, -0.15) is 4.98 Å². The number of nitrogens with zero attached hydrogens (tertiary/aromatic N) is 3. The molecule has 0 atom stereocenters. The van der Waals surface area contributed by atoms with Crippen LogP contribution >= 0.6 is 15.9 Å². The molecular formula is C22H23BrN4O4. The molecule has 9 heteroatoms. The lowest BCUT2D eigenvalue weighted by Crippen LogP contribution is -2.36. The molecule has 0 bridgehead atoms. The molecule has 1 aliphatic rings. The minimum atomic E-state index is -0.114. The van der Waals surface area contributed by atoms with E-state index in [-0.39, 0.29) is 12.3 Å². The topological polar surface area (TPSA) is 89.7 Å². The number of methoxy groups -OCH3 is 1. The zero-order chi connectivity index (χ0) is 21.6. The fraction of sp³-hybridized carbons (Fsp3) is 0.318. The van der Waals surface area contributed by atoms with E-state index in [0.29, 0.717) is 31.3 Å². The predicted molar refractivity (Wildman–Crippen MR) is 120 cm³/mol. The Morgan fingerprint density at radius 3 is 2.71 bits per heavy atom. The third kappa shape index (κ3) is 5.42. The van der Waals surface area contributed by atoms with Crippen molar-refractivity contribution >= 4 is 33.2 Å². The minimum absolute atomic E-state index is 0.114. The number of aryl methyl sites for hydroxylation is 1. The van der Waals surface area contributed by atoms with Crippen LogP contribution in [-0.2, 0) is 16.0 Å². The molecule has 4 rings (SSSR count). The quantitative estimate of drug-likeness (QED) is 0.541. The first-order valence-corrected chi connectivity index (χ1v) is 10.8. The molecule has 2 heterocycles. The van der Waals surface area contributed by atoms with Gasteiger partial charge >= 0.3 is 0 Å². The van der Waals surface area contributed by atoms with Crippen LogP contribution in [0.25, 0.3) is 11.4 Å². The largest absolute Gasteiger partial charge is 0.497 e. The Kier molecular flexibility index (Phi) is 6.83. The highest BCUT2D eigenvalue weighted by atomic mass is 79.9. The Labute approximate surface area is 188 Å². The lowest BCUT2D eigenvalue weighted by Gasteiger charge is -2.30. The van der Waals surface area contributed by atoms with E-state index in [1.165, 1.54) is 0 Å². The number of carbonyl (C=O) groups is 1. The Hall–Kier alpha value is -2.91. The van der Waals surface area contributed by atoms with Crippen LogP contribution in [0.1, 0.15) is 12.3 Å². The van der Waals surface area contributed by atoms with E-state index >= 15 is 0 Å². The van der Waals surface area contributed by atoms with Crippen molar-refractivity contribution in [3.63, 3.8) is 0 Å². The summed E-state index contributed by atoms with van der Waals surface area (Å²) >= 11 is 3.48. The highest BCUT2D eigenvalue weighted by molar-refractivity contribution is 9.10. The van der Waals surface area contributed by atoms with Crippen molar-refractivity contribution in [1.29, 1.82) is 0 Å². The van der Waals surface area contributed by atoms with Crippen molar-refractivity contribution in [2.75, 3.05) is 43.6 Å². The molecular weight excluding hydrogens is 464 g/mol. The van der Waals surface area contributed by atoms with Crippen LogP contribution in [0.3, 0.4) is 0 Å². The van der Waals surface area contributed by atoms with Gasteiger partial charge in [0, 0.05) is 36.0 Å². The van der Waals surface area contributed by atoms with Crippen molar-refractivity contribution in [3.05, 3.63) is 52.8 Å². The SMILES string of the molecule is COc1ccc(-c2noc(CCC(=O)Nc3cc(Br)ccc3N3CCOCC3)n2)cc1. The second-order valence-electron chi connectivity index (χ2n) is 7.05. The summed E-state index contributed by atoms with van der Waals surface area (Å²) < 4.78 is 16.8. The number of amides is 1. The predicted octanol–water partition coefficient (Wildman–Crippen LogP) is 3.92. The van der Waals surface area contributed by atoms with Gasteiger partial charge < -0.3 is 24.2 Å². The standard InChI is InChI=1S/C22H23BrN4O4/c1-29-17-5-2-15(3-6-17)22-25-21(31-26-22)9-8-20(28)24-18-14-16(23)4-7-19(18)27-10-12-30-13-11-27/h2-7,14H,8-13H2,1H3,(H,24,28). The summed E-state index contributed by atoms with van der Waals surface area (Å²) in [5.41, 5.74) is 2.58. The number of hydrogen-bond acceptors (Lipinski definition) is 7. The molecule has 31 heavy (non-hydrogen) atoms. The van der Waals surface area contributed by atoms with Gasteiger partial charge in [0.1, 0.15) is 5.75 Å². The summed E-state index contributed by atoms with van der Waals surface area (Å²) in [5.74, 6) is 1.55. The van der Waals surface area contributed by atoms with E-state index in [1.807, 2.05) is 42.5 Å². The van der Waals surface area contributed by atoms with Gasteiger partial charge in [0.25, 0.3) is 0 Å². The van der Waals surface area contributed by atoms with E-state index in [0.717, 1.165) is 40.2 Å². The lowest BCUT2D eigenvalue weighted by molar-refractivity contribution is -0.116. The Morgan fingerprint density at radius 2 is 1.97 bits per heavy atom. The number of ether oxygens (including phenoxy) is 2. The molecule has 3 aromatic rings. The second-order valence-corrected chi connectivity index (χ2v) is 7.96. The highest BCUT2D eigenvalue weighted by Crippen LogP contribution is 2.30. The summed E-state index contributed by atoms with van der Waals surface area (Å²) in [4.78, 5) is 19.2. The fourth-order valence-electron chi connectivity index (χ4n) is 3.34. The second kappa shape index (κ2) is 9.93. The molecule has 1 aliphatic heterocycles. The van der Waals surface area contributed by atoms with Crippen molar-refractivity contribution in [3.8, 4) is 17.1 Å². The van der Waals surface area contributed by atoms with Crippen molar-refractivity contribution in [2.45, 2.75) is 12.8 Å². The number of nitrogens with one attached hydrogen (secondary N) is 1. The number of aromatic nitrogens is 2. The molecule has 1 aromatic heterocycles. The van der Waals surface area contributed by atoms with Crippen LogP contribution in [0, 0.1) is 0 Å². The highest BCUT2D eigenvalue weighted by Gasteiger charge is 2.17. The maximum atomic E-state index is 12.6. The molecule has 1 amide bonds. The van der Waals surface area contributed by atoms with Gasteiger partial charge in [-0.25, -0.2) is 0 Å². The molecule has 162 valence electrons. The molecule has 1 saturated heterocycles. The van der Waals surface area contributed by atoms with E-state index in [9.17, 15) is 4.79 Å². The van der Waals surface area contributed by atoms with Crippen LogP contribution in [0.2, 0.25) is 0 Å². The van der Waals surface area contributed by atoms with Gasteiger partial charge in [0.2, 0.25) is 17.6 Å². The van der Waals surface area contributed by atoms with Crippen molar-refractivity contribution in [2.24, 2.45) is 0 Å². The number of benzene rings is 2. The number of rotatable bonds is 7. The Morgan fingerprint density at radius 1 is 1.19 bits per heavy atom. The molecule has 1 N–H and O–H groups in total. The molecule has 0 saturated carbocycles. The summed E-state index contributed by atoms with van der Waals surface area (Å²) in [5, 5.41) is 7.02. The average Bonchev–Trinajstić information content (AvgIpc) is 3.28. The van der Waals surface area contributed by atoms with Crippen LogP contribution in [-0.4, -0.2) is 49.5 Å². The fourth-order valence-corrected chi connectivity index (χ4v) is 3.70. The zero-order valence-corrected chi connectivity index (χ0v) is 18.7. The number of hydrogen-bond donors (Lipinski definition) is 1. The lowest BCUT2D eigenvalue weighted by atomic mass is 10.2. The summed E-state index contributed by atoms with van der Waals surface area (Å²) in [7, 11) is 1.62. The first kappa shape index (κ1) is 21.3. The minimum Gasteiger partial charge on any atom is -0.497 e. The van der Waals surface area contributed by atoms with E-state index in [2.05, 4.69) is 36.3 Å². The molecule has 0 aliphatic carbocycles. The maximum Gasteiger partial charge on any atom is 0.227 e. The first-order valence-electron chi connectivity index (χ1n) is 10.0. The third-order valence-electron chi connectivity index (χ3n) is 4.97. The number of carbonyl (C=O) groups excluding carboxylic acids is 1. The monoisotopic (exact) mass is 486 g/mol. The van der Waals surface area contributed by atoms with Gasteiger partial charge in [0.05, 0.1) is 31.7 Å². The normalized spacial score (nSPS) is 13.8. The van der Waals surface area contributed by atoms with Crippen LogP contribution < -0.4 is 15.0 Å². The van der Waals surface area contributed by atoms with E-state index < -0.39 is 0 Å². The van der Waals surface area contributed by atoms with Crippen LogP contribution in [0.4, 0.5) is 11.4 Å². The Bertz CT molecular complexity index is 1030. The van der Waals surface area contributed by atoms with E-state index in [1.54, 1.807) is 7.11 Å². The molecule has 0 unspecified atom stereocenters. The maximum absolute atomic E-state index is 12.6. The van der Waals surface area contributed by atoms with Gasteiger partial charge in [-0.3, -0.25) is 4.79 Å². The van der Waals surface area contributed by atoms with Gasteiger partial charge in [0.15, 0.2) is 0 Å². The van der Waals surface area contributed by atoms with Crippen molar-refractivity contribution in [1.82, 2.24) is 10.1 Å². The molecule has 0 radical (unpaired) electrons. The summed E-state index contributed by atoms with van der Waals surface area (Å²) in [6, 6.07) is 13.3. The van der Waals surface area contributed by atoms with Gasteiger partial charge in [-0.15, -0.1) is 0 Å². The number of anilines is 2. The summed E-state index contributed by atoms with van der Waals surface area (Å²) in [6.07, 6.45) is 0.592. The van der Waals surface area contributed by atoms with Crippen molar-refractivity contribution < 1.29 is 18.8 Å². The smallest absolute Gasteiger partial charge is 0.227 e. The average molecular weight is 487 g/mol. The zero-order valence-electron chi connectivity index (χ0n) is 17.1. The Balaban J connectivity index is 1.37. The van der Waals surface area contributed by atoms with Crippen LogP contribution in [0.5, 0.6) is 5.75 Å². The molecule has 8 nitrogen and oxygen atoms in total. The van der Waals surface area contributed by atoms with Gasteiger partial charge in [-0.05, 0) is 42.5 Å².